The first-order valence-corrected chi connectivity index (χ1v) is 7.02. The van der Waals surface area contributed by atoms with Crippen LogP contribution in [-0.2, 0) is 6.42 Å². The van der Waals surface area contributed by atoms with Crippen LogP contribution in [0.3, 0.4) is 0 Å². The minimum absolute atomic E-state index is 0.354. The Morgan fingerprint density at radius 2 is 1.90 bits per heavy atom. The van der Waals surface area contributed by atoms with Crippen molar-refractivity contribution in [2.75, 3.05) is 0 Å². The molecule has 0 bridgehead atoms. The highest BCUT2D eigenvalue weighted by atomic mass is 15.0. The second-order valence-corrected chi connectivity index (χ2v) is 5.48. The number of nitriles is 1. The summed E-state index contributed by atoms with van der Waals surface area (Å²) in [6.45, 7) is 6.25. The lowest BCUT2D eigenvalue weighted by Gasteiger charge is -2.05. The van der Waals surface area contributed by atoms with Crippen LogP contribution in [0.4, 0.5) is 0 Å². The maximum atomic E-state index is 9.15. The number of nitrogens with zero attached hydrogens (tertiary/aromatic N) is 3. The van der Waals surface area contributed by atoms with Crippen LogP contribution in [0, 0.1) is 32.1 Å². The quantitative estimate of drug-likeness (QED) is 0.709. The summed E-state index contributed by atoms with van der Waals surface area (Å²) in [6, 6.07) is 12.6. The Bertz CT molecular complexity index is 866. The Kier molecular flexibility index (Phi) is 3.23. The largest absolute Gasteiger partial charge is 0.302 e. The molecule has 3 aromatic rings. The molecule has 1 aromatic carbocycles. The molecule has 0 atom stereocenters. The average molecular weight is 275 g/mol. The van der Waals surface area contributed by atoms with Gasteiger partial charge in [0.1, 0.15) is 5.65 Å². The topological polar surface area (TPSA) is 41.1 Å². The van der Waals surface area contributed by atoms with Crippen LogP contribution in [-0.4, -0.2) is 9.38 Å². The smallest absolute Gasteiger partial charge is 0.137 e. The molecule has 0 spiro atoms. The van der Waals surface area contributed by atoms with Crippen molar-refractivity contribution < 1.29 is 0 Å². The van der Waals surface area contributed by atoms with Crippen molar-refractivity contribution >= 4 is 5.65 Å². The third-order valence-electron chi connectivity index (χ3n) is 3.89. The molecule has 0 radical (unpaired) electrons. The number of aryl methyl sites for hydroxylation is 3. The highest BCUT2D eigenvalue weighted by Gasteiger charge is 2.14. The molecular weight excluding hydrogens is 258 g/mol. The van der Waals surface area contributed by atoms with Crippen molar-refractivity contribution in [1.29, 1.82) is 5.26 Å². The molecule has 3 rings (SSSR count). The number of fused-ring (bicyclic) bond motifs is 1. The number of aromatic nitrogens is 2. The van der Waals surface area contributed by atoms with Gasteiger partial charge in [-0.25, -0.2) is 4.98 Å². The molecule has 2 heterocycles. The fourth-order valence-electron chi connectivity index (χ4n) is 2.56. The first-order chi connectivity index (χ1) is 10.1. The molecule has 21 heavy (non-hydrogen) atoms. The van der Waals surface area contributed by atoms with Gasteiger partial charge in [0.15, 0.2) is 0 Å². The van der Waals surface area contributed by atoms with Gasteiger partial charge < -0.3 is 4.40 Å². The minimum atomic E-state index is 0.354. The zero-order chi connectivity index (χ0) is 15.0. The minimum Gasteiger partial charge on any atom is -0.302 e. The molecule has 0 saturated carbocycles. The van der Waals surface area contributed by atoms with Gasteiger partial charge >= 0.3 is 0 Å². The van der Waals surface area contributed by atoms with E-state index in [1.165, 1.54) is 11.1 Å². The van der Waals surface area contributed by atoms with E-state index in [2.05, 4.69) is 38.1 Å². The van der Waals surface area contributed by atoms with Gasteiger partial charge in [-0.3, -0.25) is 0 Å². The number of pyridine rings is 1. The van der Waals surface area contributed by atoms with E-state index < -0.39 is 0 Å². The van der Waals surface area contributed by atoms with E-state index in [1.807, 2.05) is 29.7 Å². The Balaban J connectivity index is 2.28. The summed E-state index contributed by atoms with van der Waals surface area (Å²) in [4.78, 5) is 4.73. The highest BCUT2D eigenvalue weighted by Crippen LogP contribution is 2.27. The molecule has 0 aliphatic carbocycles. The average Bonchev–Trinajstić information content (AvgIpc) is 2.81. The maximum Gasteiger partial charge on any atom is 0.137 e. The zero-order valence-electron chi connectivity index (χ0n) is 12.5. The highest BCUT2D eigenvalue weighted by molar-refractivity contribution is 5.68. The molecule has 0 aliphatic rings. The van der Waals surface area contributed by atoms with Crippen LogP contribution in [0.5, 0.6) is 0 Å². The van der Waals surface area contributed by atoms with Gasteiger partial charge in [-0.15, -0.1) is 0 Å². The van der Waals surface area contributed by atoms with Crippen LogP contribution in [0.25, 0.3) is 16.9 Å². The summed E-state index contributed by atoms with van der Waals surface area (Å²) in [5, 5.41) is 9.15. The van der Waals surface area contributed by atoms with Crippen molar-refractivity contribution in [2.45, 2.75) is 27.2 Å². The van der Waals surface area contributed by atoms with Crippen LogP contribution in [0.15, 0.2) is 36.5 Å². The predicted molar refractivity (Wildman–Crippen MR) is 84.2 cm³/mol. The second-order valence-electron chi connectivity index (χ2n) is 5.48. The lowest BCUT2D eigenvalue weighted by molar-refractivity contribution is 1.04. The summed E-state index contributed by atoms with van der Waals surface area (Å²) in [5.74, 6) is 0. The van der Waals surface area contributed by atoms with Gasteiger partial charge in [-0.05, 0) is 49.6 Å². The molecular formula is C18H17N3. The third kappa shape index (κ3) is 2.30. The Morgan fingerprint density at radius 3 is 2.62 bits per heavy atom. The van der Waals surface area contributed by atoms with E-state index in [0.717, 1.165) is 28.2 Å². The van der Waals surface area contributed by atoms with Crippen molar-refractivity contribution in [1.82, 2.24) is 9.38 Å². The van der Waals surface area contributed by atoms with Gasteiger partial charge in [0, 0.05) is 11.8 Å². The SMILES string of the molecule is Cc1ccc2nc(-c3ccc(C)c(C)c3)c(CC#N)n2c1. The molecule has 0 saturated heterocycles. The maximum absolute atomic E-state index is 9.15. The summed E-state index contributed by atoms with van der Waals surface area (Å²) in [5.41, 5.74) is 7.49. The van der Waals surface area contributed by atoms with Crippen molar-refractivity contribution in [3.63, 3.8) is 0 Å². The number of benzene rings is 1. The number of rotatable bonds is 2. The van der Waals surface area contributed by atoms with Crippen LogP contribution < -0.4 is 0 Å². The van der Waals surface area contributed by atoms with Gasteiger partial charge in [0.25, 0.3) is 0 Å². The van der Waals surface area contributed by atoms with E-state index in [9.17, 15) is 0 Å². The molecule has 0 fully saturated rings. The molecule has 0 unspecified atom stereocenters. The molecule has 104 valence electrons. The van der Waals surface area contributed by atoms with Crippen LogP contribution in [0.2, 0.25) is 0 Å². The zero-order valence-corrected chi connectivity index (χ0v) is 12.5. The van der Waals surface area contributed by atoms with Gasteiger partial charge in [0.2, 0.25) is 0 Å². The summed E-state index contributed by atoms with van der Waals surface area (Å²) in [7, 11) is 0. The van der Waals surface area contributed by atoms with Crippen LogP contribution in [0.1, 0.15) is 22.4 Å². The first-order valence-electron chi connectivity index (χ1n) is 7.02. The molecule has 0 N–H and O–H groups in total. The van der Waals surface area contributed by atoms with E-state index in [-0.39, 0.29) is 0 Å². The number of imidazole rings is 1. The monoisotopic (exact) mass is 275 g/mol. The Hall–Kier alpha value is -2.60. The number of hydrogen-bond donors (Lipinski definition) is 0. The van der Waals surface area contributed by atoms with Gasteiger partial charge in [0.05, 0.1) is 23.9 Å². The molecule has 0 aliphatic heterocycles. The molecule has 0 amide bonds. The lowest BCUT2D eigenvalue weighted by atomic mass is 10.0. The van der Waals surface area contributed by atoms with E-state index in [0.29, 0.717) is 6.42 Å². The van der Waals surface area contributed by atoms with E-state index >= 15 is 0 Å². The van der Waals surface area contributed by atoms with Crippen LogP contribution >= 0.6 is 0 Å². The summed E-state index contributed by atoms with van der Waals surface area (Å²) >= 11 is 0. The van der Waals surface area contributed by atoms with E-state index in [4.69, 9.17) is 10.2 Å². The fraction of sp³-hybridized carbons (Fsp3) is 0.222. The number of hydrogen-bond acceptors (Lipinski definition) is 2. The third-order valence-corrected chi connectivity index (χ3v) is 3.89. The second kappa shape index (κ2) is 5.06. The molecule has 3 heteroatoms. The van der Waals surface area contributed by atoms with Crippen molar-refractivity contribution in [3.05, 3.63) is 58.9 Å². The van der Waals surface area contributed by atoms with Crippen molar-refractivity contribution in [2.24, 2.45) is 0 Å². The normalized spacial score (nSPS) is 10.8. The van der Waals surface area contributed by atoms with Gasteiger partial charge in [-0.2, -0.15) is 5.26 Å². The fourth-order valence-corrected chi connectivity index (χ4v) is 2.56. The predicted octanol–water partition coefficient (Wildman–Crippen LogP) is 3.99. The van der Waals surface area contributed by atoms with Gasteiger partial charge in [-0.1, -0.05) is 18.2 Å². The first kappa shape index (κ1) is 13.4. The van der Waals surface area contributed by atoms with E-state index in [1.54, 1.807) is 0 Å². The summed E-state index contributed by atoms with van der Waals surface area (Å²) < 4.78 is 2.03. The Labute approximate surface area is 124 Å². The summed E-state index contributed by atoms with van der Waals surface area (Å²) in [6.07, 6.45) is 2.40. The molecule has 2 aromatic heterocycles. The lowest BCUT2D eigenvalue weighted by Crippen LogP contribution is -1.94. The van der Waals surface area contributed by atoms with Crippen molar-refractivity contribution in [3.8, 4) is 17.3 Å². The standard InChI is InChI=1S/C18H17N3/c1-12-4-7-17-20-18(16(8-9-19)21(17)11-12)15-6-5-13(2)14(3)10-15/h4-7,10-11H,8H2,1-3H3. The Morgan fingerprint density at radius 1 is 1.10 bits per heavy atom. The molecule has 3 nitrogen and oxygen atoms in total.